The van der Waals surface area contributed by atoms with Crippen molar-refractivity contribution in [3.05, 3.63) is 59.7 Å². The van der Waals surface area contributed by atoms with Crippen molar-refractivity contribution >= 4 is 17.7 Å². The molecule has 2 aliphatic heterocycles. The van der Waals surface area contributed by atoms with Gasteiger partial charge in [0.15, 0.2) is 0 Å². The Morgan fingerprint density at radius 3 is 2.67 bits per heavy atom. The van der Waals surface area contributed by atoms with Gasteiger partial charge in [-0.25, -0.2) is 0 Å². The number of amides is 3. The lowest BCUT2D eigenvalue weighted by atomic mass is 10.0. The highest BCUT2D eigenvalue weighted by molar-refractivity contribution is 5.99. The number of rotatable bonds is 5. The molecule has 0 spiro atoms. The highest BCUT2D eigenvalue weighted by Crippen LogP contribution is 2.25. The molecule has 8 heteroatoms. The van der Waals surface area contributed by atoms with Crippen LogP contribution >= 0.6 is 0 Å². The molecule has 3 atom stereocenters. The second-order valence-corrected chi connectivity index (χ2v) is 7.54. The predicted octanol–water partition coefficient (Wildman–Crippen LogP) is 0.841. The number of fused-ring (bicyclic) bond motifs is 1. The molecule has 2 saturated heterocycles. The molecule has 0 aromatic heterocycles. The number of para-hydroxylation sites is 1. The maximum Gasteiger partial charge on any atom is 0.255 e. The minimum absolute atomic E-state index is 0.144. The van der Waals surface area contributed by atoms with Crippen LogP contribution in [-0.2, 0) is 16.0 Å². The lowest BCUT2D eigenvalue weighted by molar-refractivity contribution is -0.147. The van der Waals surface area contributed by atoms with Crippen LogP contribution in [0.2, 0.25) is 0 Å². The summed E-state index contributed by atoms with van der Waals surface area (Å²) in [7, 11) is 1.50. The quantitative estimate of drug-likeness (QED) is 0.678. The third kappa shape index (κ3) is 3.80. The van der Waals surface area contributed by atoms with Gasteiger partial charge in [0.1, 0.15) is 23.6 Å². The van der Waals surface area contributed by atoms with Gasteiger partial charge in [-0.2, -0.15) is 0 Å². The monoisotopic (exact) mass is 409 g/mol. The highest BCUT2D eigenvalue weighted by atomic mass is 16.5. The summed E-state index contributed by atoms with van der Waals surface area (Å²) in [4.78, 5) is 39.8. The molecule has 156 valence electrons. The fraction of sp³-hybridized carbons (Fsp3) is 0.318. The van der Waals surface area contributed by atoms with E-state index < -0.39 is 12.1 Å². The first kappa shape index (κ1) is 19.8. The summed E-state index contributed by atoms with van der Waals surface area (Å²) in [6, 6.07) is 11.9. The summed E-state index contributed by atoms with van der Waals surface area (Å²) in [5.74, 6) is -0.0700. The van der Waals surface area contributed by atoms with Crippen molar-refractivity contribution in [3.63, 3.8) is 0 Å². The van der Waals surface area contributed by atoms with Gasteiger partial charge in [0, 0.05) is 19.0 Å². The summed E-state index contributed by atoms with van der Waals surface area (Å²) >= 11 is 0. The van der Waals surface area contributed by atoms with Crippen molar-refractivity contribution in [1.82, 2.24) is 15.5 Å². The highest BCUT2D eigenvalue weighted by Gasteiger charge is 2.46. The van der Waals surface area contributed by atoms with E-state index in [0.29, 0.717) is 24.2 Å². The summed E-state index contributed by atoms with van der Waals surface area (Å²) in [5, 5.41) is 15.1. The molecule has 2 aromatic carbocycles. The number of aromatic hydroxyl groups is 1. The first-order valence-electron chi connectivity index (χ1n) is 9.79. The molecule has 2 fully saturated rings. The van der Waals surface area contributed by atoms with Crippen LogP contribution in [0.3, 0.4) is 0 Å². The van der Waals surface area contributed by atoms with Gasteiger partial charge in [-0.15, -0.1) is 0 Å². The van der Waals surface area contributed by atoms with E-state index >= 15 is 0 Å². The zero-order valence-corrected chi connectivity index (χ0v) is 16.5. The molecule has 4 rings (SSSR count). The van der Waals surface area contributed by atoms with Crippen molar-refractivity contribution in [2.75, 3.05) is 13.7 Å². The number of hydrogen-bond acceptors (Lipinski definition) is 5. The molecule has 3 amide bonds. The zero-order valence-electron chi connectivity index (χ0n) is 16.5. The molecule has 0 bridgehead atoms. The number of carbonyl (C=O) groups is 3. The summed E-state index contributed by atoms with van der Waals surface area (Å²) in [6.45, 7) is 0.282. The van der Waals surface area contributed by atoms with Gasteiger partial charge in [0.05, 0.1) is 12.7 Å². The zero-order chi connectivity index (χ0) is 21.3. The van der Waals surface area contributed by atoms with Crippen LogP contribution in [0, 0.1) is 0 Å². The molecule has 2 aromatic rings. The Morgan fingerprint density at radius 2 is 1.93 bits per heavy atom. The molecule has 2 heterocycles. The summed E-state index contributed by atoms with van der Waals surface area (Å²) in [6.07, 6.45) is 0.705. The van der Waals surface area contributed by atoms with Crippen LogP contribution in [0.15, 0.2) is 48.5 Å². The number of piperazine rings is 1. The second-order valence-electron chi connectivity index (χ2n) is 7.54. The average molecular weight is 409 g/mol. The second kappa shape index (κ2) is 8.06. The largest absolute Gasteiger partial charge is 0.508 e. The number of nitrogens with zero attached hydrogens (tertiary/aromatic N) is 1. The molecule has 0 aliphatic carbocycles. The van der Waals surface area contributed by atoms with Gasteiger partial charge in [0.25, 0.3) is 5.91 Å². The molecule has 2 aliphatic rings. The molecule has 0 saturated carbocycles. The number of phenols is 1. The maximum absolute atomic E-state index is 13.0. The number of hydrogen-bond donors (Lipinski definition) is 3. The Labute approximate surface area is 173 Å². The van der Waals surface area contributed by atoms with Crippen LogP contribution in [0.25, 0.3) is 0 Å². The van der Waals surface area contributed by atoms with Gasteiger partial charge < -0.3 is 25.4 Å². The average Bonchev–Trinajstić information content (AvgIpc) is 3.18. The van der Waals surface area contributed by atoms with Crippen molar-refractivity contribution in [1.29, 1.82) is 0 Å². The normalized spacial score (nSPS) is 23.0. The van der Waals surface area contributed by atoms with Crippen molar-refractivity contribution in [2.45, 2.75) is 31.0 Å². The minimum atomic E-state index is -0.665. The Morgan fingerprint density at radius 1 is 1.20 bits per heavy atom. The lowest BCUT2D eigenvalue weighted by Gasteiger charge is -2.34. The van der Waals surface area contributed by atoms with E-state index in [4.69, 9.17) is 4.74 Å². The molecule has 0 radical (unpaired) electrons. The maximum atomic E-state index is 13.0. The Bertz CT molecular complexity index is 975. The van der Waals surface area contributed by atoms with Crippen LogP contribution in [-0.4, -0.2) is 59.5 Å². The van der Waals surface area contributed by atoms with Crippen molar-refractivity contribution in [2.24, 2.45) is 0 Å². The van der Waals surface area contributed by atoms with E-state index in [-0.39, 0.29) is 36.1 Å². The first-order valence-corrected chi connectivity index (χ1v) is 9.79. The van der Waals surface area contributed by atoms with E-state index in [1.165, 1.54) is 7.11 Å². The Hall–Kier alpha value is -3.55. The lowest BCUT2D eigenvalue weighted by Crippen LogP contribution is -2.61. The first-order chi connectivity index (χ1) is 14.5. The molecule has 3 N–H and O–H groups in total. The predicted molar refractivity (Wildman–Crippen MR) is 108 cm³/mol. The topological polar surface area (TPSA) is 108 Å². The number of ether oxygens (including phenoxy) is 1. The number of nitrogens with one attached hydrogen (secondary N) is 2. The summed E-state index contributed by atoms with van der Waals surface area (Å²) < 4.78 is 5.23. The third-order valence-electron chi connectivity index (χ3n) is 5.56. The number of carbonyl (C=O) groups excluding carboxylic acids is 3. The van der Waals surface area contributed by atoms with Gasteiger partial charge in [-0.1, -0.05) is 24.3 Å². The fourth-order valence-electron chi connectivity index (χ4n) is 4.06. The van der Waals surface area contributed by atoms with Crippen LogP contribution in [0.5, 0.6) is 11.5 Å². The van der Waals surface area contributed by atoms with E-state index in [9.17, 15) is 19.5 Å². The Balaban J connectivity index is 1.43. The van der Waals surface area contributed by atoms with Crippen LogP contribution in [0.1, 0.15) is 22.3 Å². The smallest absolute Gasteiger partial charge is 0.255 e. The fourth-order valence-corrected chi connectivity index (χ4v) is 4.06. The molecule has 0 unspecified atom stereocenters. The number of benzene rings is 2. The summed E-state index contributed by atoms with van der Waals surface area (Å²) in [5.41, 5.74) is 1.25. The molecular formula is C22H23N3O5. The Kier molecular flexibility index (Phi) is 5.31. The number of phenolic OH excluding ortho intramolecular Hbond substituents is 1. The van der Waals surface area contributed by atoms with Crippen molar-refractivity contribution < 1.29 is 24.2 Å². The van der Waals surface area contributed by atoms with Gasteiger partial charge in [-0.05, 0) is 36.2 Å². The van der Waals surface area contributed by atoms with E-state index in [1.54, 1.807) is 53.4 Å². The molecule has 8 nitrogen and oxygen atoms in total. The molecule has 30 heavy (non-hydrogen) atoms. The van der Waals surface area contributed by atoms with E-state index in [2.05, 4.69) is 10.6 Å². The SMILES string of the molecule is COc1ccccc1C(=O)N[C@H]1C[C@H]2C(=O)N[C@H](Cc3ccc(O)cc3)C(=O)N2C1. The van der Waals surface area contributed by atoms with E-state index in [0.717, 1.165) is 5.56 Å². The third-order valence-corrected chi connectivity index (χ3v) is 5.56. The van der Waals surface area contributed by atoms with Crippen molar-refractivity contribution in [3.8, 4) is 11.5 Å². The van der Waals surface area contributed by atoms with Crippen LogP contribution < -0.4 is 15.4 Å². The van der Waals surface area contributed by atoms with E-state index in [1.807, 2.05) is 0 Å². The standard InChI is InChI=1S/C22H23N3O5/c1-30-19-5-3-2-4-16(19)20(27)23-14-11-18-21(28)24-17(22(29)25(18)12-14)10-13-6-8-15(26)9-7-13/h2-9,14,17-18,26H,10-12H2,1H3,(H,23,27)(H,24,28)/t14-,17+,18-/m0/s1. The minimum Gasteiger partial charge on any atom is -0.508 e. The number of methoxy groups -OCH3 is 1. The van der Waals surface area contributed by atoms with Gasteiger partial charge in [-0.3, -0.25) is 14.4 Å². The van der Waals surface area contributed by atoms with Gasteiger partial charge in [0.2, 0.25) is 11.8 Å². The molecular weight excluding hydrogens is 386 g/mol. The van der Waals surface area contributed by atoms with Gasteiger partial charge >= 0.3 is 0 Å². The van der Waals surface area contributed by atoms with Crippen LogP contribution in [0.4, 0.5) is 0 Å².